The second-order valence-electron chi connectivity index (χ2n) is 5.28. The number of nitrogens with one attached hydrogen (secondary N) is 1. The van der Waals surface area contributed by atoms with E-state index in [0.717, 1.165) is 24.2 Å². The lowest BCUT2D eigenvalue weighted by Gasteiger charge is -2.37. The van der Waals surface area contributed by atoms with Crippen LogP contribution in [0, 0.1) is 0 Å². The maximum atomic E-state index is 12.2. The van der Waals surface area contributed by atoms with Gasteiger partial charge in [0.2, 0.25) is 0 Å². The van der Waals surface area contributed by atoms with Gasteiger partial charge in [0.25, 0.3) is 5.91 Å². The Morgan fingerprint density at radius 1 is 1.38 bits per heavy atom. The van der Waals surface area contributed by atoms with Crippen LogP contribution < -0.4 is 5.32 Å². The average Bonchev–Trinajstić information content (AvgIpc) is 2.54. The molecule has 21 heavy (non-hydrogen) atoms. The summed E-state index contributed by atoms with van der Waals surface area (Å²) in [5, 5.41) is 2.95. The largest absolute Gasteiger partial charge is 0.349 e. The molecule has 3 rings (SSSR count). The number of rotatable bonds is 4. The minimum Gasteiger partial charge on any atom is -0.349 e. The molecule has 0 unspecified atom stereocenters. The van der Waals surface area contributed by atoms with Crippen LogP contribution >= 0.6 is 0 Å². The van der Waals surface area contributed by atoms with Gasteiger partial charge in [-0.1, -0.05) is 6.07 Å². The summed E-state index contributed by atoms with van der Waals surface area (Å²) in [4.78, 5) is 22.9. The number of aromatic nitrogens is 2. The van der Waals surface area contributed by atoms with Crippen LogP contribution in [0.25, 0.3) is 11.3 Å². The predicted octanol–water partition coefficient (Wildman–Crippen LogP) is 1.58. The molecule has 2 aromatic heterocycles. The summed E-state index contributed by atoms with van der Waals surface area (Å²) < 4.78 is 0. The number of amides is 1. The highest BCUT2D eigenvalue weighted by Crippen LogP contribution is 2.16. The fourth-order valence-electron chi connectivity index (χ4n) is 2.37. The van der Waals surface area contributed by atoms with Gasteiger partial charge in [0.15, 0.2) is 0 Å². The summed E-state index contributed by atoms with van der Waals surface area (Å²) in [5.41, 5.74) is 2.11. The summed E-state index contributed by atoms with van der Waals surface area (Å²) >= 11 is 0. The molecule has 0 aromatic carbocycles. The smallest absolute Gasteiger partial charge is 0.269 e. The van der Waals surface area contributed by atoms with Crippen LogP contribution in [0.3, 0.4) is 0 Å². The van der Waals surface area contributed by atoms with Gasteiger partial charge in [0, 0.05) is 30.5 Å². The average molecular weight is 282 g/mol. The lowest BCUT2D eigenvalue weighted by Crippen LogP contribution is -2.51. The number of likely N-dealkylation sites (tertiary alicyclic amines) is 1. The third-order valence-electron chi connectivity index (χ3n) is 3.88. The van der Waals surface area contributed by atoms with Crippen molar-refractivity contribution in [2.45, 2.75) is 12.5 Å². The molecule has 0 saturated carbocycles. The topological polar surface area (TPSA) is 58.1 Å². The molecule has 0 aliphatic carbocycles. The lowest BCUT2D eigenvalue weighted by molar-refractivity contribution is 0.0880. The van der Waals surface area contributed by atoms with Crippen LogP contribution in [-0.4, -0.2) is 47.0 Å². The molecule has 1 atom stereocenters. The molecule has 5 heteroatoms. The molecule has 1 aliphatic heterocycles. The van der Waals surface area contributed by atoms with Crippen molar-refractivity contribution >= 4 is 5.91 Å². The molecule has 1 N–H and O–H groups in total. The van der Waals surface area contributed by atoms with Crippen molar-refractivity contribution in [3.05, 3.63) is 48.4 Å². The Bertz CT molecular complexity index is 629. The molecule has 1 aliphatic rings. The van der Waals surface area contributed by atoms with Gasteiger partial charge in [-0.2, -0.15) is 0 Å². The van der Waals surface area contributed by atoms with E-state index in [-0.39, 0.29) is 5.91 Å². The summed E-state index contributed by atoms with van der Waals surface area (Å²) in [7, 11) is 2.07. The first kappa shape index (κ1) is 13.7. The van der Waals surface area contributed by atoms with E-state index in [1.165, 1.54) is 0 Å². The van der Waals surface area contributed by atoms with Gasteiger partial charge in [0.05, 0.1) is 5.69 Å². The minimum absolute atomic E-state index is 0.124. The standard InChI is InChI=1S/C16H18N4O/c1-20-9-7-13(20)11-18-16(21)15-6-2-5-14(19-15)12-4-3-8-17-10-12/h2-6,8,10,13H,7,9,11H2,1H3,(H,18,21)/t13-/m1/s1. The summed E-state index contributed by atoms with van der Waals surface area (Å²) in [6.07, 6.45) is 4.60. The Labute approximate surface area is 124 Å². The predicted molar refractivity (Wildman–Crippen MR) is 80.8 cm³/mol. The van der Waals surface area contributed by atoms with E-state index in [1.807, 2.05) is 24.3 Å². The molecule has 0 bridgehead atoms. The SMILES string of the molecule is CN1CC[C@@H]1CNC(=O)c1cccc(-c2cccnc2)n1. The minimum atomic E-state index is -0.124. The highest BCUT2D eigenvalue weighted by molar-refractivity contribution is 5.92. The van der Waals surface area contributed by atoms with Crippen molar-refractivity contribution in [3.8, 4) is 11.3 Å². The van der Waals surface area contributed by atoms with Crippen LogP contribution in [0.1, 0.15) is 16.9 Å². The monoisotopic (exact) mass is 282 g/mol. The van der Waals surface area contributed by atoms with Crippen LogP contribution in [-0.2, 0) is 0 Å². The third-order valence-corrected chi connectivity index (χ3v) is 3.88. The van der Waals surface area contributed by atoms with Crippen molar-refractivity contribution in [1.29, 1.82) is 0 Å². The Hall–Kier alpha value is -2.27. The first-order chi connectivity index (χ1) is 10.2. The fourth-order valence-corrected chi connectivity index (χ4v) is 2.37. The molecule has 1 saturated heterocycles. The van der Waals surface area contributed by atoms with E-state index >= 15 is 0 Å². The number of carbonyl (C=O) groups is 1. The van der Waals surface area contributed by atoms with Crippen molar-refractivity contribution in [2.75, 3.05) is 20.1 Å². The molecule has 5 nitrogen and oxygen atoms in total. The van der Waals surface area contributed by atoms with Gasteiger partial charge < -0.3 is 10.2 Å². The molecule has 0 radical (unpaired) electrons. The van der Waals surface area contributed by atoms with E-state index in [1.54, 1.807) is 18.5 Å². The highest BCUT2D eigenvalue weighted by Gasteiger charge is 2.24. The first-order valence-electron chi connectivity index (χ1n) is 7.10. The van der Waals surface area contributed by atoms with Crippen molar-refractivity contribution in [3.63, 3.8) is 0 Å². The molecule has 108 valence electrons. The second-order valence-corrected chi connectivity index (χ2v) is 5.28. The van der Waals surface area contributed by atoms with Gasteiger partial charge in [-0.25, -0.2) is 4.98 Å². The Kier molecular flexibility index (Phi) is 3.92. The third kappa shape index (κ3) is 3.08. The number of hydrogen-bond acceptors (Lipinski definition) is 4. The number of nitrogens with zero attached hydrogens (tertiary/aromatic N) is 3. The normalized spacial score (nSPS) is 18.0. The van der Waals surface area contributed by atoms with Crippen molar-refractivity contribution < 1.29 is 4.79 Å². The van der Waals surface area contributed by atoms with E-state index in [2.05, 4.69) is 27.2 Å². The molecule has 0 spiro atoms. The molecule has 2 aromatic rings. The maximum absolute atomic E-state index is 12.2. The van der Waals surface area contributed by atoms with Crippen LogP contribution in [0.2, 0.25) is 0 Å². The van der Waals surface area contributed by atoms with Gasteiger partial charge in [-0.15, -0.1) is 0 Å². The Morgan fingerprint density at radius 3 is 2.95 bits per heavy atom. The summed E-state index contributed by atoms with van der Waals surface area (Å²) in [6, 6.07) is 9.71. The van der Waals surface area contributed by atoms with Gasteiger partial charge in [0.1, 0.15) is 5.69 Å². The zero-order valence-corrected chi connectivity index (χ0v) is 12.0. The van der Waals surface area contributed by atoms with Gasteiger partial charge >= 0.3 is 0 Å². The van der Waals surface area contributed by atoms with Crippen molar-refractivity contribution in [2.24, 2.45) is 0 Å². The summed E-state index contributed by atoms with van der Waals surface area (Å²) in [5.74, 6) is -0.124. The zero-order chi connectivity index (χ0) is 14.7. The molecule has 3 heterocycles. The van der Waals surface area contributed by atoms with E-state index in [9.17, 15) is 4.79 Å². The number of likely N-dealkylation sites (N-methyl/N-ethyl adjacent to an activating group) is 1. The molecule has 1 fully saturated rings. The van der Waals surface area contributed by atoms with E-state index in [0.29, 0.717) is 18.3 Å². The van der Waals surface area contributed by atoms with E-state index < -0.39 is 0 Å². The number of pyridine rings is 2. The van der Waals surface area contributed by atoms with Crippen molar-refractivity contribution in [1.82, 2.24) is 20.2 Å². The Balaban J connectivity index is 1.69. The fraction of sp³-hybridized carbons (Fsp3) is 0.312. The number of hydrogen-bond donors (Lipinski definition) is 1. The van der Waals surface area contributed by atoms with Gasteiger partial charge in [-0.3, -0.25) is 9.78 Å². The molecule has 1 amide bonds. The summed E-state index contributed by atoms with van der Waals surface area (Å²) in [6.45, 7) is 1.78. The van der Waals surface area contributed by atoms with Gasteiger partial charge in [-0.05, 0) is 44.3 Å². The highest BCUT2D eigenvalue weighted by atomic mass is 16.1. The lowest BCUT2D eigenvalue weighted by atomic mass is 10.0. The van der Waals surface area contributed by atoms with Crippen LogP contribution in [0.4, 0.5) is 0 Å². The second kappa shape index (κ2) is 6.01. The zero-order valence-electron chi connectivity index (χ0n) is 12.0. The number of carbonyl (C=O) groups excluding carboxylic acids is 1. The van der Waals surface area contributed by atoms with Crippen LogP contribution in [0.5, 0.6) is 0 Å². The quantitative estimate of drug-likeness (QED) is 0.925. The van der Waals surface area contributed by atoms with E-state index in [4.69, 9.17) is 0 Å². The maximum Gasteiger partial charge on any atom is 0.269 e. The first-order valence-corrected chi connectivity index (χ1v) is 7.10. The molecular weight excluding hydrogens is 264 g/mol. The van der Waals surface area contributed by atoms with Crippen LogP contribution in [0.15, 0.2) is 42.7 Å². The molecular formula is C16H18N4O. The Morgan fingerprint density at radius 2 is 2.29 bits per heavy atom.